The predicted molar refractivity (Wildman–Crippen MR) is 339 cm³/mol. The third-order valence-corrected chi connectivity index (χ3v) is 15.5. The molecule has 10 heteroatoms. The molecule has 0 rings (SSSR count). The highest BCUT2D eigenvalue weighted by atomic mass is 31.2. The van der Waals surface area contributed by atoms with Crippen molar-refractivity contribution in [2.45, 2.75) is 303 Å². The molecule has 0 bridgehead atoms. The van der Waals surface area contributed by atoms with E-state index in [2.05, 4.69) is 38.2 Å². The molecule has 0 saturated heterocycles. The van der Waals surface area contributed by atoms with Crippen LogP contribution in [-0.2, 0) is 27.9 Å². The number of phosphoric acid groups is 1. The number of quaternary nitrogens is 1. The first-order valence-corrected chi connectivity index (χ1v) is 34.4. The molecule has 1 amide bonds. The Morgan fingerprint density at radius 1 is 0.456 bits per heavy atom. The van der Waals surface area contributed by atoms with Gasteiger partial charge in [-0.3, -0.25) is 14.2 Å². The van der Waals surface area contributed by atoms with Gasteiger partial charge in [-0.05, 0) is 51.0 Å². The van der Waals surface area contributed by atoms with Gasteiger partial charge >= 0.3 is 5.97 Å². The van der Waals surface area contributed by atoms with Crippen molar-refractivity contribution in [1.82, 2.24) is 5.32 Å². The summed E-state index contributed by atoms with van der Waals surface area (Å²) in [6.07, 6.45) is 77.2. The van der Waals surface area contributed by atoms with Gasteiger partial charge in [0, 0.05) is 12.8 Å². The summed E-state index contributed by atoms with van der Waals surface area (Å²) < 4.78 is 30.3. The van der Waals surface area contributed by atoms with Gasteiger partial charge in [-0.2, -0.15) is 0 Å². The SMILES string of the molecule is CC\C=C/C=C/C=C/C=C\C=C\C=C\CCCCCC(=O)NC(COP(=O)([O-])OCC[N+](C)(C)C)C(/C=C\CCCCCCCCCCC)OC(=O)CCCCCCCCCCCCCCCCCCCCCCCCCCC. The molecular formula is C69H125N2O7P. The number of amides is 1. The Morgan fingerprint density at radius 2 is 0.810 bits per heavy atom. The first kappa shape index (κ1) is 76.2. The van der Waals surface area contributed by atoms with Crippen LogP contribution in [0, 0.1) is 0 Å². The van der Waals surface area contributed by atoms with E-state index in [-0.39, 0.29) is 31.3 Å². The van der Waals surface area contributed by atoms with Crippen LogP contribution in [0.1, 0.15) is 290 Å². The Bertz CT molecular complexity index is 1630. The maximum atomic E-state index is 13.5. The van der Waals surface area contributed by atoms with Gasteiger partial charge in [0.25, 0.3) is 7.82 Å². The second-order valence-electron chi connectivity index (χ2n) is 23.4. The molecule has 0 saturated carbocycles. The summed E-state index contributed by atoms with van der Waals surface area (Å²) in [5.41, 5.74) is 0. The first-order chi connectivity index (χ1) is 38.4. The Labute approximate surface area is 488 Å². The third kappa shape index (κ3) is 59.6. The first-order valence-electron chi connectivity index (χ1n) is 33.0. The molecule has 0 aromatic carbocycles. The number of ether oxygens (including phenoxy) is 1. The number of phosphoric ester groups is 1. The molecule has 0 aromatic heterocycles. The van der Waals surface area contributed by atoms with E-state index >= 15 is 0 Å². The highest BCUT2D eigenvalue weighted by molar-refractivity contribution is 7.45. The van der Waals surface area contributed by atoms with E-state index in [1.54, 1.807) is 0 Å². The van der Waals surface area contributed by atoms with Crippen LogP contribution in [0.2, 0.25) is 0 Å². The molecule has 0 aliphatic heterocycles. The fourth-order valence-corrected chi connectivity index (χ4v) is 10.2. The van der Waals surface area contributed by atoms with Crippen molar-refractivity contribution in [3.63, 3.8) is 0 Å². The quantitative estimate of drug-likeness (QED) is 0.0161. The zero-order chi connectivity index (χ0) is 57.9. The molecule has 0 aliphatic rings. The van der Waals surface area contributed by atoms with Crippen LogP contribution < -0.4 is 10.2 Å². The fraction of sp³-hybridized carbons (Fsp3) is 0.768. The van der Waals surface area contributed by atoms with Gasteiger partial charge in [-0.1, -0.05) is 312 Å². The highest BCUT2D eigenvalue weighted by Crippen LogP contribution is 2.38. The topological polar surface area (TPSA) is 114 Å². The second kappa shape index (κ2) is 58.4. The van der Waals surface area contributed by atoms with Crippen molar-refractivity contribution in [3.8, 4) is 0 Å². The molecule has 3 atom stereocenters. The predicted octanol–water partition coefficient (Wildman–Crippen LogP) is 19.9. The number of nitrogens with zero attached hydrogens (tertiary/aromatic N) is 1. The van der Waals surface area contributed by atoms with E-state index in [0.29, 0.717) is 17.4 Å². The Hall–Kier alpha value is -2.81. The number of rotatable bonds is 59. The number of carbonyl (C=O) groups is 2. The minimum Gasteiger partial charge on any atom is -0.756 e. The average Bonchev–Trinajstić information content (AvgIpc) is 3.41. The molecule has 1 N–H and O–H groups in total. The zero-order valence-electron chi connectivity index (χ0n) is 52.3. The molecule has 3 unspecified atom stereocenters. The summed E-state index contributed by atoms with van der Waals surface area (Å²) >= 11 is 0. The van der Waals surface area contributed by atoms with Crippen LogP contribution >= 0.6 is 7.82 Å². The van der Waals surface area contributed by atoms with Crippen molar-refractivity contribution in [2.75, 3.05) is 40.9 Å². The van der Waals surface area contributed by atoms with Crippen molar-refractivity contribution >= 4 is 19.7 Å². The molecule has 0 heterocycles. The van der Waals surface area contributed by atoms with Crippen LogP contribution in [0.4, 0.5) is 0 Å². The molecule has 9 nitrogen and oxygen atoms in total. The van der Waals surface area contributed by atoms with Crippen molar-refractivity contribution in [1.29, 1.82) is 0 Å². The van der Waals surface area contributed by atoms with Crippen LogP contribution in [0.15, 0.2) is 85.1 Å². The van der Waals surface area contributed by atoms with Crippen LogP contribution in [0.5, 0.6) is 0 Å². The van der Waals surface area contributed by atoms with Crippen LogP contribution in [0.25, 0.3) is 0 Å². The number of hydrogen-bond donors (Lipinski definition) is 1. The summed E-state index contributed by atoms with van der Waals surface area (Å²) in [6, 6.07) is -0.914. The number of allylic oxidation sites excluding steroid dienone is 13. The molecule has 0 spiro atoms. The number of carbonyl (C=O) groups excluding carboxylic acids is 2. The lowest BCUT2D eigenvalue weighted by atomic mass is 10.0. The monoisotopic (exact) mass is 1120 g/mol. The van der Waals surface area contributed by atoms with Gasteiger partial charge < -0.3 is 28.5 Å². The number of unbranched alkanes of at least 4 members (excludes halogenated alkanes) is 36. The molecular weight excluding hydrogens is 1000 g/mol. The maximum Gasteiger partial charge on any atom is 0.306 e. The normalized spacial score (nSPS) is 14.2. The van der Waals surface area contributed by atoms with E-state index < -0.39 is 26.6 Å². The van der Waals surface area contributed by atoms with Gasteiger partial charge in [0.2, 0.25) is 5.91 Å². The minimum atomic E-state index is -4.71. The van der Waals surface area contributed by atoms with Gasteiger partial charge in [0.05, 0.1) is 33.8 Å². The Balaban J connectivity index is 5.11. The van der Waals surface area contributed by atoms with Gasteiger partial charge in [0.1, 0.15) is 19.3 Å². The summed E-state index contributed by atoms with van der Waals surface area (Å²) in [6.45, 7) is 6.68. The minimum absolute atomic E-state index is 0.0340. The summed E-state index contributed by atoms with van der Waals surface area (Å²) in [7, 11) is 1.15. The van der Waals surface area contributed by atoms with E-state index in [0.717, 1.165) is 64.2 Å². The third-order valence-electron chi connectivity index (χ3n) is 14.5. The number of hydrogen-bond acceptors (Lipinski definition) is 7. The lowest BCUT2D eigenvalue weighted by Crippen LogP contribution is -2.47. The van der Waals surface area contributed by atoms with Crippen molar-refractivity contribution < 1.29 is 37.3 Å². The lowest BCUT2D eigenvalue weighted by molar-refractivity contribution is -0.870. The van der Waals surface area contributed by atoms with E-state index in [9.17, 15) is 19.0 Å². The smallest absolute Gasteiger partial charge is 0.306 e. The van der Waals surface area contributed by atoms with E-state index in [1.807, 2.05) is 94.1 Å². The van der Waals surface area contributed by atoms with Gasteiger partial charge in [0.15, 0.2) is 0 Å². The molecule has 0 aliphatic carbocycles. The van der Waals surface area contributed by atoms with Crippen molar-refractivity contribution in [3.05, 3.63) is 85.1 Å². The standard InChI is InChI=1S/C69H125N2O7P/c1-7-10-13-16-19-22-25-27-29-31-32-33-34-35-36-37-38-40-42-44-47-50-53-56-59-62-69(73)78-67(60-57-54-51-48-45-24-21-18-15-12-9-3)66(65-77-79(74,75)76-64-63-71(4,5)6)70-68(72)61-58-55-52-49-46-43-41-39-30-28-26-23-20-17-14-11-8-2/h11,14,17,20,23,26,28,30,39,41,43,46,57,60,66-67H,7-10,12-13,15-16,18-19,21-22,24-25,27,29,31-38,40,42,44-45,47-56,58-59,61-65H2,1-6H3,(H-,70,72,74,75)/b14-11-,20-17+,26-23+,30-28-,41-39+,46-43+,60-57-. The lowest BCUT2D eigenvalue weighted by Gasteiger charge is -2.30. The largest absolute Gasteiger partial charge is 0.756 e. The molecule has 0 aromatic rings. The van der Waals surface area contributed by atoms with E-state index in [4.69, 9.17) is 13.8 Å². The van der Waals surface area contributed by atoms with E-state index in [1.165, 1.54) is 186 Å². The number of nitrogens with one attached hydrogen (secondary N) is 1. The molecule has 0 fully saturated rings. The van der Waals surface area contributed by atoms with Crippen LogP contribution in [0.3, 0.4) is 0 Å². The van der Waals surface area contributed by atoms with Gasteiger partial charge in [-0.25, -0.2) is 0 Å². The summed E-state index contributed by atoms with van der Waals surface area (Å²) in [4.78, 5) is 40.0. The second-order valence-corrected chi connectivity index (χ2v) is 24.8. The average molecular weight is 1130 g/mol. The number of esters is 1. The van der Waals surface area contributed by atoms with Crippen LogP contribution in [-0.4, -0.2) is 69.4 Å². The zero-order valence-corrected chi connectivity index (χ0v) is 53.2. The van der Waals surface area contributed by atoms with Crippen molar-refractivity contribution in [2.24, 2.45) is 0 Å². The summed E-state index contributed by atoms with van der Waals surface area (Å²) in [5.74, 6) is -0.587. The maximum absolute atomic E-state index is 13.5. The highest BCUT2D eigenvalue weighted by Gasteiger charge is 2.27. The summed E-state index contributed by atoms with van der Waals surface area (Å²) in [5, 5.41) is 3.00. The number of likely N-dealkylation sites (N-methyl/N-ethyl adjacent to an activating group) is 1. The Kier molecular flexibility index (Phi) is 56.3. The molecule has 0 radical (unpaired) electrons. The molecule has 79 heavy (non-hydrogen) atoms. The fourth-order valence-electron chi connectivity index (χ4n) is 9.44. The van der Waals surface area contributed by atoms with Gasteiger partial charge in [-0.15, -0.1) is 0 Å². The molecule has 458 valence electrons. The Morgan fingerprint density at radius 3 is 1.23 bits per heavy atom.